The number of nitrogens with zero attached hydrogens (tertiary/aromatic N) is 1. The number of rotatable bonds is 7. The first-order valence-electron chi connectivity index (χ1n) is 11.4. The number of nitrogens with one attached hydrogen (secondary N) is 1. The Hall–Kier alpha value is -4.01. The summed E-state index contributed by atoms with van der Waals surface area (Å²) < 4.78 is 49.0. The van der Waals surface area contributed by atoms with Gasteiger partial charge in [0.2, 0.25) is 5.91 Å². The molecule has 36 heavy (non-hydrogen) atoms. The highest BCUT2D eigenvalue weighted by atomic mass is 19.3. The van der Waals surface area contributed by atoms with E-state index in [0.29, 0.717) is 47.5 Å². The average Bonchev–Trinajstić information content (AvgIpc) is 2.89. The molecular weight excluding hydrogens is 473 g/mol. The Balaban J connectivity index is 1.50. The normalized spacial score (nSPS) is 15.5. The van der Waals surface area contributed by atoms with Gasteiger partial charge < -0.3 is 19.7 Å². The van der Waals surface area contributed by atoms with Gasteiger partial charge in [0.1, 0.15) is 17.3 Å². The topological polar surface area (TPSA) is 67.9 Å². The first-order valence-corrected chi connectivity index (χ1v) is 11.4. The number of benzene rings is 3. The molecule has 1 aliphatic rings. The first kappa shape index (κ1) is 25.1. The molecule has 1 N–H and O–H groups in total. The van der Waals surface area contributed by atoms with E-state index >= 15 is 0 Å². The third kappa shape index (κ3) is 5.97. The van der Waals surface area contributed by atoms with Crippen LogP contribution in [0.4, 0.5) is 18.9 Å². The van der Waals surface area contributed by atoms with Crippen LogP contribution < -0.4 is 14.8 Å². The summed E-state index contributed by atoms with van der Waals surface area (Å²) in [6.07, 6.45) is 1.24. The highest BCUT2D eigenvalue weighted by molar-refractivity contribution is 5.96. The van der Waals surface area contributed by atoms with Crippen molar-refractivity contribution in [2.45, 2.75) is 19.5 Å². The highest BCUT2D eigenvalue weighted by Gasteiger charge is 2.29. The average molecular weight is 499 g/mol. The SMILES string of the molecule is COc1ccc(-c2cc(NC(=O)[C@H]3CCCN(C(=O)c4ccc(F)cc4)C3)ccc2OC(F)F)cc1. The summed E-state index contributed by atoms with van der Waals surface area (Å²) in [6.45, 7) is -2.28. The smallest absolute Gasteiger partial charge is 0.387 e. The van der Waals surface area contributed by atoms with Crippen LogP contribution in [-0.2, 0) is 4.79 Å². The van der Waals surface area contributed by atoms with Crippen LogP contribution in [0.25, 0.3) is 11.1 Å². The lowest BCUT2D eigenvalue weighted by atomic mass is 9.96. The number of hydrogen-bond acceptors (Lipinski definition) is 4. The van der Waals surface area contributed by atoms with Crippen molar-refractivity contribution in [2.75, 3.05) is 25.5 Å². The van der Waals surface area contributed by atoms with Gasteiger partial charge in [0.15, 0.2) is 0 Å². The van der Waals surface area contributed by atoms with Crippen molar-refractivity contribution in [1.82, 2.24) is 4.90 Å². The van der Waals surface area contributed by atoms with Crippen molar-refractivity contribution in [3.8, 4) is 22.6 Å². The van der Waals surface area contributed by atoms with E-state index in [1.807, 2.05) is 0 Å². The molecule has 1 heterocycles. The van der Waals surface area contributed by atoms with Gasteiger partial charge in [-0.2, -0.15) is 8.78 Å². The number of piperidine rings is 1. The van der Waals surface area contributed by atoms with Crippen molar-refractivity contribution in [2.24, 2.45) is 5.92 Å². The Labute approximate surface area is 206 Å². The standard InChI is InChI=1S/C27H25F3N2O4/c1-35-22-11-6-17(7-12-22)23-15-21(10-13-24(23)36-27(29)30)31-25(33)19-3-2-14-32(16-19)26(34)18-4-8-20(28)9-5-18/h4-13,15,19,27H,2-3,14,16H2,1H3,(H,31,33)/t19-/m0/s1. The Morgan fingerprint density at radius 3 is 2.42 bits per heavy atom. The number of likely N-dealkylation sites (tertiary alicyclic amines) is 1. The molecule has 0 unspecified atom stereocenters. The molecule has 6 nitrogen and oxygen atoms in total. The van der Waals surface area contributed by atoms with Crippen LogP contribution in [0.15, 0.2) is 66.7 Å². The molecule has 0 aliphatic carbocycles. The monoisotopic (exact) mass is 498 g/mol. The molecule has 0 radical (unpaired) electrons. The number of amides is 2. The number of hydrogen-bond donors (Lipinski definition) is 1. The molecule has 0 spiro atoms. The predicted molar refractivity (Wildman–Crippen MR) is 129 cm³/mol. The highest BCUT2D eigenvalue weighted by Crippen LogP contribution is 2.35. The molecule has 2 amide bonds. The van der Waals surface area contributed by atoms with Crippen molar-refractivity contribution in [1.29, 1.82) is 0 Å². The largest absolute Gasteiger partial charge is 0.497 e. The van der Waals surface area contributed by atoms with Crippen LogP contribution >= 0.6 is 0 Å². The van der Waals surface area contributed by atoms with E-state index in [1.54, 1.807) is 35.2 Å². The van der Waals surface area contributed by atoms with Crippen LogP contribution in [0.3, 0.4) is 0 Å². The molecule has 0 aromatic heterocycles. The number of methoxy groups -OCH3 is 1. The minimum atomic E-state index is -3.01. The van der Waals surface area contributed by atoms with Crippen molar-refractivity contribution in [3.63, 3.8) is 0 Å². The van der Waals surface area contributed by atoms with Gasteiger partial charge in [0.25, 0.3) is 5.91 Å². The predicted octanol–water partition coefficient (Wildman–Crippen LogP) is 5.59. The van der Waals surface area contributed by atoms with Gasteiger partial charge >= 0.3 is 6.61 Å². The molecule has 9 heteroatoms. The summed E-state index contributed by atoms with van der Waals surface area (Å²) in [5.41, 5.74) is 1.76. The Morgan fingerprint density at radius 2 is 1.75 bits per heavy atom. The van der Waals surface area contributed by atoms with Gasteiger partial charge in [-0.3, -0.25) is 9.59 Å². The summed E-state index contributed by atoms with van der Waals surface area (Å²) in [4.78, 5) is 27.4. The molecule has 4 rings (SSSR count). The van der Waals surface area contributed by atoms with Crippen LogP contribution in [0, 0.1) is 11.7 Å². The molecule has 0 saturated carbocycles. The van der Waals surface area contributed by atoms with E-state index in [9.17, 15) is 22.8 Å². The van der Waals surface area contributed by atoms with Gasteiger partial charge in [0.05, 0.1) is 13.0 Å². The second kappa shape index (κ2) is 11.2. The molecule has 188 valence electrons. The second-order valence-corrected chi connectivity index (χ2v) is 8.40. The lowest BCUT2D eigenvalue weighted by molar-refractivity contribution is -0.121. The van der Waals surface area contributed by atoms with E-state index in [1.165, 1.54) is 43.5 Å². The van der Waals surface area contributed by atoms with Gasteiger partial charge in [-0.05, 0) is 73.0 Å². The number of alkyl halides is 2. The van der Waals surface area contributed by atoms with Gasteiger partial charge in [0, 0.05) is 29.9 Å². The summed E-state index contributed by atoms with van der Waals surface area (Å²) in [5.74, 6) is -0.845. The summed E-state index contributed by atoms with van der Waals surface area (Å²) >= 11 is 0. The number of ether oxygens (including phenoxy) is 2. The van der Waals surface area contributed by atoms with Crippen molar-refractivity contribution in [3.05, 3.63) is 78.1 Å². The molecule has 3 aromatic carbocycles. The lowest BCUT2D eigenvalue weighted by Gasteiger charge is -2.32. The third-order valence-electron chi connectivity index (χ3n) is 6.03. The zero-order chi connectivity index (χ0) is 25.7. The molecule has 1 fully saturated rings. The van der Waals surface area contributed by atoms with E-state index in [0.717, 1.165) is 0 Å². The van der Waals surface area contributed by atoms with Crippen LogP contribution in [0.5, 0.6) is 11.5 Å². The second-order valence-electron chi connectivity index (χ2n) is 8.40. The van der Waals surface area contributed by atoms with E-state index in [2.05, 4.69) is 10.1 Å². The fraction of sp³-hybridized carbons (Fsp3) is 0.259. The minimum absolute atomic E-state index is 0.0260. The fourth-order valence-electron chi connectivity index (χ4n) is 4.20. The fourth-order valence-corrected chi connectivity index (χ4v) is 4.20. The lowest BCUT2D eigenvalue weighted by Crippen LogP contribution is -2.43. The van der Waals surface area contributed by atoms with E-state index < -0.39 is 18.3 Å². The number of carbonyl (C=O) groups excluding carboxylic acids is 2. The molecule has 3 aromatic rings. The zero-order valence-electron chi connectivity index (χ0n) is 19.5. The Kier molecular flexibility index (Phi) is 7.77. The quantitative estimate of drug-likeness (QED) is 0.461. The molecule has 1 aliphatic heterocycles. The molecular formula is C27H25F3N2O4. The molecule has 1 saturated heterocycles. The number of carbonyl (C=O) groups is 2. The Bertz CT molecular complexity index is 1220. The number of halogens is 3. The van der Waals surface area contributed by atoms with Crippen molar-refractivity contribution < 1.29 is 32.2 Å². The molecule has 1 atom stereocenters. The summed E-state index contributed by atoms with van der Waals surface area (Å²) in [6, 6.07) is 16.5. The minimum Gasteiger partial charge on any atom is -0.497 e. The van der Waals surface area contributed by atoms with Crippen LogP contribution in [0.1, 0.15) is 23.2 Å². The number of anilines is 1. The maximum atomic E-state index is 13.2. The van der Waals surface area contributed by atoms with E-state index in [-0.39, 0.29) is 24.1 Å². The van der Waals surface area contributed by atoms with Gasteiger partial charge in [-0.15, -0.1) is 0 Å². The Morgan fingerprint density at radius 1 is 1.03 bits per heavy atom. The van der Waals surface area contributed by atoms with Crippen LogP contribution in [0.2, 0.25) is 0 Å². The summed E-state index contributed by atoms with van der Waals surface area (Å²) in [7, 11) is 1.52. The maximum absolute atomic E-state index is 13.2. The maximum Gasteiger partial charge on any atom is 0.387 e. The van der Waals surface area contributed by atoms with Gasteiger partial charge in [-0.25, -0.2) is 4.39 Å². The third-order valence-corrected chi connectivity index (χ3v) is 6.03. The zero-order valence-corrected chi connectivity index (χ0v) is 19.5. The van der Waals surface area contributed by atoms with Crippen molar-refractivity contribution >= 4 is 17.5 Å². The van der Waals surface area contributed by atoms with Gasteiger partial charge in [-0.1, -0.05) is 12.1 Å². The van der Waals surface area contributed by atoms with Crippen LogP contribution in [-0.4, -0.2) is 43.5 Å². The summed E-state index contributed by atoms with van der Waals surface area (Å²) in [5, 5.41) is 2.84. The first-order chi connectivity index (χ1) is 17.3. The molecule has 0 bridgehead atoms. The van der Waals surface area contributed by atoms with E-state index in [4.69, 9.17) is 4.74 Å².